The number of ketones is 1. The second-order valence-electron chi connectivity index (χ2n) is 10.4. The summed E-state index contributed by atoms with van der Waals surface area (Å²) in [7, 11) is 0. The van der Waals surface area contributed by atoms with Crippen LogP contribution < -0.4 is 15.5 Å². The molecule has 0 radical (unpaired) electrons. The molecule has 5 rings (SSSR count). The lowest BCUT2D eigenvalue weighted by Gasteiger charge is -2.36. The Morgan fingerprint density at radius 1 is 0.950 bits per heavy atom. The van der Waals surface area contributed by atoms with E-state index in [0.29, 0.717) is 43.1 Å². The van der Waals surface area contributed by atoms with Crippen molar-refractivity contribution in [2.24, 2.45) is 5.73 Å². The molecule has 0 unspecified atom stereocenters. The molecule has 1 atom stereocenters. The number of hydrogen-bond acceptors (Lipinski definition) is 8. The number of ether oxygens (including phenoxy) is 2. The summed E-state index contributed by atoms with van der Waals surface area (Å²) in [5.41, 5.74) is 8.19. The summed E-state index contributed by atoms with van der Waals surface area (Å²) in [6, 6.07) is 12.3. The number of cyclic esters (lactones) is 1. The highest BCUT2D eigenvalue weighted by atomic mass is 19.1. The minimum Gasteiger partial charge on any atom is -0.443 e. The first kappa shape index (κ1) is 28.0. The number of nitrogens with zero attached hydrogens (tertiary/aromatic N) is 4. The summed E-state index contributed by atoms with van der Waals surface area (Å²) in [4.78, 5) is 44.9. The first-order valence-electron chi connectivity index (χ1n) is 13.8. The molecule has 11 heteroatoms. The Hall–Kier alpha value is -3.54. The molecule has 3 saturated heterocycles. The number of nitrogens with two attached hydrogens (primary N) is 1. The first-order valence-corrected chi connectivity index (χ1v) is 13.8. The van der Waals surface area contributed by atoms with Gasteiger partial charge >= 0.3 is 6.09 Å². The van der Waals surface area contributed by atoms with Crippen LogP contribution in [-0.4, -0.2) is 99.3 Å². The lowest BCUT2D eigenvalue weighted by molar-refractivity contribution is -0.131. The lowest BCUT2D eigenvalue weighted by atomic mass is 10.0. The molecule has 3 heterocycles. The van der Waals surface area contributed by atoms with Gasteiger partial charge in [-0.05, 0) is 23.8 Å². The molecule has 214 valence electrons. The van der Waals surface area contributed by atoms with Gasteiger partial charge in [0.25, 0.3) is 0 Å². The third-order valence-electron chi connectivity index (χ3n) is 7.70. The zero-order valence-corrected chi connectivity index (χ0v) is 22.6. The van der Waals surface area contributed by atoms with E-state index >= 15 is 0 Å². The minimum absolute atomic E-state index is 0.0493. The second-order valence-corrected chi connectivity index (χ2v) is 10.4. The molecule has 40 heavy (non-hydrogen) atoms. The van der Waals surface area contributed by atoms with Crippen molar-refractivity contribution in [2.75, 3.05) is 75.4 Å². The maximum absolute atomic E-state index is 15.0. The van der Waals surface area contributed by atoms with Crippen molar-refractivity contribution in [3.63, 3.8) is 0 Å². The van der Waals surface area contributed by atoms with Crippen LogP contribution in [0.4, 0.5) is 20.6 Å². The first-order chi connectivity index (χ1) is 19.4. The van der Waals surface area contributed by atoms with Crippen LogP contribution in [0.3, 0.4) is 0 Å². The molecule has 0 bridgehead atoms. The van der Waals surface area contributed by atoms with Crippen molar-refractivity contribution in [3.05, 3.63) is 59.4 Å². The zero-order chi connectivity index (χ0) is 28.1. The number of anilines is 2. The number of carbonyl (C=O) groups is 3. The Morgan fingerprint density at radius 2 is 1.68 bits per heavy atom. The van der Waals surface area contributed by atoms with Crippen LogP contribution in [0.2, 0.25) is 0 Å². The second kappa shape index (κ2) is 12.8. The van der Waals surface area contributed by atoms with E-state index in [1.807, 2.05) is 29.2 Å². The van der Waals surface area contributed by atoms with Gasteiger partial charge in [0.2, 0.25) is 5.91 Å². The van der Waals surface area contributed by atoms with Gasteiger partial charge in [0.15, 0.2) is 5.78 Å². The maximum Gasteiger partial charge on any atom is 0.414 e. The van der Waals surface area contributed by atoms with Gasteiger partial charge in [-0.2, -0.15) is 0 Å². The number of benzene rings is 2. The normalized spacial score (nSPS) is 20.1. The fraction of sp³-hybridized carbons (Fsp3) is 0.483. The Kier molecular flexibility index (Phi) is 8.93. The van der Waals surface area contributed by atoms with E-state index in [1.165, 1.54) is 11.0 Å². The quantitative estimate of drug-likeness (QED) is 0.471. The number of Topliss-reactive ketones (excluding diaryl/α,β-unsaturated/α-hetero) is 1. The SMILES string of the molecule is NC[C@H]1CN(c2ccc(N3CCN(C(=O)CCC(=O)c4ccc(CN5CCOCC5)cc4)CC3)c(F)c2)C(=O)O1. The molecule has 3 fully saturated rings. The average molecular weight is 554 g/mol. The van der Waals surface area contributed by atoms with Gasteiger partial charge in [0.1, 0.15) is 11.9 Å². The van der Waals surface area contributed by atoms with E-state index in [9.17, 15) is 18.8 Å². The van der Waals surface area contributed by atoms with Crippen LogP contribution in [0.15, 0.2) is 42.5 Å². The highest BCUT2D eigenvalue weighted by molar-refractivity contribution is 5.98. The largest absolute Gasteiger partial charge is 0.443 e. The molecular formula is C29H36FN5O5. The van der Waals surface area contributed by atoms with E-state index in [-0.39, 0.29) is 37.6 Å². The molecule has 0 aromatic heterocycles. The molecule has 0 aliphatic carbocycles. The Morgan fingerprint density at radius 3 is 2.33 bits per heavy atom. The number of piperazine rings is 1. The molecular weight excluding hydrogens is 517 g/mol. The van der Waals surface area contributed by atoms with Gasteiger partial charge in [0, 0.05) is 70.8 Å². The van der Waals surface area contributed by atoms with Crippen LogP contribution in [0.5, 0.6) is 0 Å². The van der Waals surface area contributed by atoms with Gasteiger partial charge in [-0.15, -0.1) is 0 Å². The van der Waals surface area contributed by atoms with E-state index in [1.54, 1.807) is 17.0 Å². The summed E-state index contributed by atoms with van der Waals surface area (Å²) in [5.74, 6) is -0.565. The van der Waals surface area contributed by atoms with Crippen molar-refractivity contribution in [1.82, 2.24) is 9.80 Å². The zero-order valence-electron chi connectivity index (χ0n) is 22.6. The smallest absolute Gasteiger partial charge is 0.414 e. The van der Waals surface area contributed by atoms with E-state index in [0.717, 1.165) is 38.4 Å². The number of rotatable bonds is 9. The third kappa shape index (κ3) is 6.60. The summed E-state index contributed by atoms with van der Waals surface area (Å²) in [5, 5.41) is 0. The Bertz CT molecular complexity index is 1210. The average Bonchev–Trinajstić information content (AvgIpc) is 3.37. The van der Waals surface area contributed by atoms with Crippen LogP contribution in [0.25, 0.3) is 0 Å². The molecule has 3 aliphatic rings. The maximum atomic E-state index is 15.0. The Balaban J connectivity index is 1.07. The van der Waals surface area contributed by atoms with Gasteiger partial charge in [-0.25, -0.2) is 9.18 Å². The fourth-order valence-corrected chi connectivity index (χ4v) is 5.31. The topological polar surface area (TPSA) is 109 Å². The van der Waals surface area contributed by atoms with Crippen LogP contribution in [0.1, 0.15) is 28.8 Å². The molecule has 2 N–H and O–H groups in total. The number of carbonyl (C=O) groups excluding carboxylic acids is 3. The predicted octanol–water partition coefficient (Wildman–Crippen LogP) is 2.25. The van der Waals surface area contributed by atoms with Crippen molar-refractivity contribution >= 4 is 29.2 Å². The van der Waals surface area contributed by atoms with Gasteiger partial charge in [-0.1, -0.05) is 24.3 Å². The summed E-state index contributed by atoms with van der Waals surface area (Å²) < 4.78 is 25.5. The summed E-state index contributed by atoms with van der Waals surface area (Å²) in [6.45, 7) is 6.48. The molecule has 2 aromatic carbocycles. The van der Waals surface area contributed by atoms with E-state index in [4.69, 9.17) is 15.2 Å². The minimum atomic E-state index is -0.533. The molecule has 2 aromatic rings. The van der Waals surface area contributed by atoms with Crippen molar-refractivity contribution in [3.8, 4) is 0 Å². The highest BCUT2D eigenvalue weighted by Gasteiger charge is 2.32. The van der Waals surface area contributed by atoms with E-state index < -0.39 is 18.0 Å². The molecule has 10 nitrogen and oxygen atoms in total. The molecule has 0 saturated carbocycles. The monoisotopic (exact) mass is 553 g/mol. The highest BCUT2D eigenvalue weighted by Crippen LogP contribution is 2.28. The van der Waals surface area contributed by atoms with Gasteiger partial charge in [0.05, 0.1) is 31.1 Å². The van der Waals surface area contributed by atoms with Crippen LogP contribution >= 0.6 is 0 Å². The Labute approximate surface area is 233 Å². The molecule has 2 amide bonds. The number of hydrogen-bond donors (Lipinski definition) is 1. The number of amides is 2. The lowest BCUT2D eigenvalue weighted by Crippen LogP contribution is -2.49. The van der Waals surface area contributed by atoms with E-state index in [2.05, 4.69) is 4.90 Å². The van der Waals surface area contributed by atoms with Gasteiger partial charge < -0.3 is 25.0 Å². The van der Waals surface area contributed by atoms with Crippen molar-refractivity contribution in [2.45, 2.75) is 25.5 Å². The molecule has 3 aliphatic heterocycles. The number of halogens is 1. The molecule has 0 spiro atoms. The summed E-state index contributed by atoms with van der Waals surface area (Å²) >= 11 is 0. The third-order valence-corrected chi connectivity index (χ3v) is 7.70. The standard InChI is InChI=1S/C29H36FN5O5/c30-25-17-23(35-20-24(18-31)40-29(35)38)5-6-26(25)33-9-11-34(12-10-33)28(37)8-7-27(36)22-3-1-21(2-4-22)19-32-13-15-39-16-14-32/h1-6,17,24H,7-16,18-20,31H2/t24-/m0/s1. The van der Waals surface area contributed by atoms with Crippen molar-refractivity contribution in [1.29, 1.82) is 0 Å². The van der Waals surface area contributed by atoms with Crippen LogP contribution in [0, 0.1) is 5.82 Å². The van der Waals surface area contributed by atoms with Crippen molar-refractivity contribution < 1.29 is 28.2 Å². The summed E-state index contributed by atoms with van der Waals surface area (Å²) in [6.07, 6.45) is -0.633. The fourth-order valence-electron chi connectivity index (χ4n) is 5.31. The predicted molar refractivity (Wildman–Crippen MR) is 148 cm³/mol. The van der Waals surface area contributed by atoms with Crippen LogP contribution in [-0.2, 0) is 20.8 Å². The van der Waals surface area contributed by atoms with Gasteiger partial charge in [-0.3, -0.25) is 19.4 Å². The number of morpholine rings is 1.